The molecule has 0 spiro atoms. The summed E-state index contributed by atoms with van der Waals surface area (Å²) < 4.78 is 6.72. The topological polar surface area (TPSA) is 47.4 Å². The molecule has 0 amide bonds. The normalized spacial score (nSPS) is 16.4. The van der Waals surface area contributed by atoms with Crippen LogP contribution in [0.15, 0.2) is 17.1 Å². The van der Waals surface area contributed by atoms with Crippen LogP contribution in [-0.4, -0.2) is 41.4 Å². The van der Waals surface area contributed by atoms with Crippen LogP contribution in [-0.2, 0) is 11.3 Å². The van der Waals surface area contributed by atoms with E-state index >= 15 is 0 Å². The zero-order chi connectivity index (χ0) is 11.4. The second kappa shape index (κ2) is 5.45. The molecule has 2 rings (SSSR count). The Hall–Kier alpha value is -0.880. The highest BCUT2D eigenvalue weighted by atomic mass is 79.9. The average Bonchev–Trinajstić information content (AvgIpc) is 2.33. The van der Waals surface area contributed by atoms with Gasteiger partial charge in [-0.25, -0.2) is 4.68 Å². The lowest BCUT2D eigenvalue weighted by atomic mass is 10.3. The van der Waals surface area contributed by atoms with Gasteiger partial charge in [-0.1, -0.05) is 15.9 Å². The van der Waals surface area contributed by atoms with Gasteiger partial charge in [0, 0.05) is 24.5 Å². The molecule has 1 saturated heterocycles. The second-order valence-electron chi connectivity index (χ2n) is 3.56. The molecule has 1 aliphatic heterocycles. The van der Waals surface area contributed by atoms with Gasteiger partial charge in [0.2, 0.25) is 0 Å². The van der Waals surface area contributed by atoms with Crippen molar-refractivity contribution < 1.29 is 4.74 Å². The molecule has 0 aliphatic carbocycles. The van der Waals surface area contributed by atoms with Crippen molar-refractivity contribution >= 4 is 21.6 Å². The Kier molecular flexibility index (Phi) is 3.95. The summed E-state index contributed by atoms with van der Waals surface area (Å²) in [5.74, 6) is 0. The molecule has 1 aliphatic rings. The third kappa shape index (κ3) is 2.62. The largest absolute Gasteiger partial charge is 0.378 e. The van der Waals surface area contributed by atoms with Gasteiger partial charge in [-0.3, -0.25) is 4.79 Å². The maximum absolute atomic E-state index is 11.7. The first-order chi connectivity index (χ1) is 7.81. The lowest BCUT2D eigenvalue weighted by molar-refractivity contribution is 0.122. The van der Waals surface area contributed by atoms with Crippen molar-refractivity contribution in [1.82, 2.24) is 9.78 Å². The minimum Gasteiger partial charge on any atom is -0.378 e. The number of rotatable bonds is 3. The highest BCUT2D eigenvalue weighted by Gasteiger charge is 2.12. The van der Waals surface area contributed by atoms with Gasteiger partial charge in [-0.15, -0.1) is 0 Å². The Bertz CT molecular complexity index is 401. The smallest absolute Gasteiger partial charge is 0.268 e. The number of morpholine rings is 1. The third-order valence-electron chi connectivity index (χ3n) is 2.53. The van der Waals surface area contributed by atoms with Crippen LogP contribution >= 0.6 is 15.9 Å². The monoisotopic (exact) mass is 287 g/mol. The van der Waals surface area contributed by atoms with Crippen molar-refractivity contribution in [3.05, 3.63) is 22.6 Å². The number of halogens is 1. The molecule has 0 atom stereocenters. The number of anilines is 1. The van der Waals surface area contributed by atoms with Crippen molar-refractivity contribution in [2.45, 2.75) is 6.54 Å². The van der Waals surface area contributed by atoms with E-state index in [2.05, 4.69) is 25.9 Å². The summed E-state index contributed by atoms with van der Waals surface area (Å²) in [6.07, 6.45) is 1.75. The van der Waals surface area contributed by atoms with Gasteiger partial charge in [-0.2, -0.15) is 5.10 Å². The fourth-order valence-corrected chi connectivity index (χ4v) is 2.00. The molecular formula is C10H14BrN3O2. The van der Waals surface area contributed by atoms with Crippen molar-refractivity contribution in [3.63, 3.8) is 0 Å². The molecule has 5 nitrogen and oxygen atoms in total. The fourth-order valence-electron chi connectivity index (χ4n) is 1.67. The highest BCUT2D eigenvalue weighted by Crippen LogP contribution is 2.11. The molecule has 0 aromatic carbocycles. The molecule has 1 aromatic rings. The molecule has 16 heavy (non-hydrogen) atoms. The van der Waals surface area contributed by atoms with Crippen LogP contribution in [0, 0.1) is 0 Å². The van der Waals surface area contributed by atoms with Gasteiger partial charge in [0.15, 0.2) is 0 Å². The SMILES string of the molecule is O=c1cc(N2CCOCC2)cnn1CCBr. The van der Waals surface area contributed by atoms with E-state index in [9.17, 15) is 4.79 Å². The molecule has 1 fully saturated rings. The molecule has 88 valence electrons. The summed E-state index contributed by atoms with van der Waals surface area (Å²) in [4.78, 5) is 13.8. The van der Waals surface area contributed by atoms with E-state index in [0.29, 0.717) is 19.8 Å². The minimum atomic E-state index is -0.0524. The quantitative estimate of drug-likeness (QED) is 0.759. The lowest BCUT2D eigenvalue weighted by Gasteiger charge is -2.28. The van der Waals surface area contributed by atoms with Gasteiger partial charge < -0.3 is 9.64 Å². The van der Waals surface area contributed by atoms with E-state index in [1.54, 1.807) is 12.3 Å². The van der Waals surface area contributed by atoms with Crippen LogP contribution in [0.4, 0.5) is 5.69 Å². The van der Waals surface area contributed by atoms with Crippen LogP contribution < -0.4 is 10.5 Å². The van der Waals surface area contributed by atoms with E-state index in [1.165, 1.54) is 4.68 Å². The number of ether oxygens (including phenoxy) is 1. The van der Waals surface area contributed by atoms with E-state index in [-0.39, 0.29) is 5.56 Å². The van der Waals surface area contributed by atoms with Crippen molar-refractivity contribution in [2.75, 3.05) is 36.5 Å². The van der Waals surface area contributed by atoms with Crippen LogP contribution in [0.2, 0.25) is 0 Å². The van der Waals surface area contributed by atoms with Crippen LogP contribution in [0.5, 0.6) is 0 Å². The van der Waals surface area contributed by atoms with Gasteiger partial charge in [0.25, 0.3) is 5.56 Å². The predicted molar refractivity (Wildman–Crippen MR) is 65.3 cm³/mol. The molecule has 0 radical (unpaired) electrons. The van der Waals surface area contributed by atoms with Crippen molar-refractivity contribution in [3.8, 4) is 0 Å². The number of alkyl halides is 1. The van der Waals surface area contributed by atoms with Crippen LogP contribution in [0.3, 0.4) is 0 Å². The van der Waals surface area contributed by atoms with Crippen molar-refractivity contribution in [2.24, 2.45) is 0 Å². The molecule has 1 aromatic heterocycles. The molecule has 0 N–H and O–H groups in total. The summed E-state index contributed by atoms with van der Waals surface area (Å²) in [6.45, 7) is 3.67. The van der Waals surface area contributed by atoms with E-state index in [4.69, 9.17) is 4.74 Å². The number of hydrogen-bond acceptors (Lipinski definition) is 4. The van der Waals surface area contributed by atoms with Gasteiger partial charge in [0.1, 0.15) is 0 Å². The summed E-state index contributed by atoms with van der Waals surface area (Å²) >= 11 is 3.29. The molecule has 0 unspecified atom stereocenters. The van der Waals surface area contributed by atoms with Crippen molar-refractivity contribution in [1.29, 1.82) is 0 Å². The first-order valence-corrected chi connectivity index (χ1v) is 6.39. The first-order valence-electron chi connectivity index (χ1n) is 5.27. The molecule has 0 bridgehead atoms. The second-order valence-corrected chi connectivity index (χ2v) is 4.36. The highest BCUT2D eigenvalue weighted by molar-refractivity contribution is 9.09. The maximum atomic E-state index is 11.7. The van der Waals surface area contributed by atoms with E-state index in [0.717, 1.165) is 24.1 Å². The van der Waals surface area contributed by atoms with Crippen LogP contribution in [0.25, 0.3) is 0 Å². The third-order valence-corrected chi connectivity index (χ3v) is 2.88. The van der Waals surface area contributed by atoms with E-state index < -0.39 is 0 Å². The number of aryl methyl sites for hydroxylation is 1. The Balaban J connectivity index is 2.16. The first kappa shape index (κ1) is 11.6. The zero-order valence-corrected chi connectivity index (χ0v) is 10.5. The Morgan fingerprint density at radius 1 is 1.44 bits per heavy atom. The van der Waals surface area contributed by atoms with Gasteiger partial charge >= 0.3 is 0 Å². The fraction of sp³-hybridized carbons (Fsp3) is 0.600. The number of aromatic nitrogens is 2. The molecule has 0 saturated carbocycles. The summed E-state index contributed by atoms with van der Waals surface area (Å²) in [5.41, 5.74) is 0.836. The predicted octanol–water partition coefficient (Wildman–Crippen LogP) is 0.475. The standard InChI is InChI=1S/C10H14BrN3O2/c11-1-2-14-10(15)7-9(8-12-14)13-3-5-16-6-4-13/h7-8H,1-6H2. The Morgan fingerprint density at radius 2 is 2.19 bits per heavy atom. The van der Waals surface area contributed by atoms with Gasteiger partial charge in [0.05, 0.1) is 31.6 Å². The Morgan fingerprint density at radius 3 is 2.81 bits per heavy atom. The molecular weight excluding hydrogens is 274 g/mol. The number of hydrogen-bond donors (Lipinski definition) is 0. The molecule has 2 heterocycles. The zero-order valence-electron chi connectivity index (χ0n) is 8.93. The van der Waals surface area contributed by atoms with Gasteiger partial charge in [-0.05, 0) is 0 Å². The molecule has 6 heteroatoms. The van der Waals surface area contributed by atoms with Crippen LogP contribution in [0.1, 0.15) is 0 Å². The summed E-state index contributed by atoms with van der Waals surface area (Å²) in [6, 6.07) is 1.64. The summed E-state index contributed by atoms with van der Waals surface area (Å²) in [5, 5.41) is 4.87. The Labute approximate surface area is 102 Å². The number of nitrogens with zero attached hydrogens (tertiary/aromatic N) is 3. The lowest BCUT2D eigenvalue weighted by Crippen LogP contribution is -2.37. The minimum absolute atomic E-state index is 0.0524. The van der Waals surface area contributed by atoms with E-state index in [1.807, 2.05) is 0 Å². The maximum Gasteiger partial charge on any atom is 0.268 e. The average molecular weight is 288 g/mol. The summed E-state index contributed by atoms with van der Waals surface area (Å²) in [7, 11) is 0.